The van der Waals surface area contributed by atoms with Crippen molar-refractivity contribution in [3.05, 3.63) is 71.8 Å². The molecule has 184 valence electrons. The van der Waals surface area contributed by atoms with Gasteiger partial charge in [-0.05, 0) is 78.3 Å². The maximum absolute atomic E-state index is 6.23. The van der Waals surface area contributed by atoms with E-state index in [2.05, 4.69) is 10.2 Å². The monoisotopic (exact) mass is 494 g/mol. The predicted octanol–water partition coefficient (Wildman–Crippen LogP) is 5.10. The summed E-state index contributed by atoms with van der Waals surface area (Å²) in [6.07, 6.45) is 0.808. The van der Waals surface area contributed by atoms with Gasteiger partial charge in [0.25, 0.3) is 0 Å². The number of thiocarbonyl (C=S) groups is 1. The quantitative estimate of drug-likeness (QED) is 0.434. The lowest BCUT2D eigenvalue weighted by Crippen LogP contribution is -2.44. The van der Waals surface area contributed by atoms with Crippen LogP contribution in [0.5, 0.6) is 28.7 Å². The number of nitrogens with one attached hydrogen (secondary N) is 1. The Kier molecular flexibility index (Phi) is 7.82. The molecule has 0 amide bonds. The molecular formula is C27H30N2O5S. The molecule has 3 aromatic rings. The van der Waals surface area contributed by atoms with Gasteiger partial charge < -0.3 is 33.9 Å². The molecule has 1 N–H and O–H groups in total. The molecule has 1 aliphatic heterocycles. The minimum Gasteiger partial charge on any atom is -0.497 e. The van der Waals surface area contributed by atoms with Crippen LogP contribution in [-0.4, -0.2) is 51.6 Å². The number of hydrogen-bond acceptors (Lipinski definition) is 6. The number of nitrogens with zero attached hydrogens (tertiary/aromatic N) is 1. The second-order valence-corrected chi connectivity index (χ2v) is 8.37. The van der Waals surface area contributed by atoms with E-state index in [4.69, 9.17) is 35.9 Å². The van der Waals surface area contributed by atoms with Crippen LogP contribution in [0.1, 0.15) is 17.2 Å². The van der Waals surface area contributed by atoms with Gasteiger partial charge >= 0.3 is 0 Å². The minimum atomic E-state index is -0.143. The van der Waals surface area contributed by atoms with Gasteiger partial charge in [0.2, 0.25) is 0 Å². The summed E-state index contributed by atoms with van der Waals surface area (Å²) in [5, 5.41) is 3.96. The Morgan fingerprint density at radius 3 is 2.20 bits per heavy atom. The fourth-order valence-corrected chi connectivity index (χ4v) is 4.56. The Bertz CT molecular complexity index is 1170. The lowest BCUT2D eigenvalue weighted by atomic mass is 9.92. The highest BCUT2D eigenvalue weighted by atomic mass is 32.1. The average molecular weight is 495 g/mol. The zero-order valence-corrected chi connectivity index (χ0v) is 21.2. The zero-order chi connectivity index (χ0) is 24.8. The SMILES string of the molecule is COc1ccc(OC[C@H]2c3cc(OC)c(OC)cc3CCN2C(=S)Nc2ccccc2OC)cc1. The average Bonchev–Trinajstić information content (AvgIpc) is 2.91. The van der Waals surface area contributed by atoms with Crippen LogP contribution < -0.4 is 29.0 Å². The van der Waals surface area contributed by atoms with Gasteiger partial charge in [-0.3, -0.25) is 0 Å². The van der Waals surface area contributed by atoms with Gasteiger partial charge in [-0.1, -0.05) is 12.1 Å². The highest BCUT2D eigenvalue weighted by Crippen LogP contribution is 2.39. The molecule has 0 bridgehead atoms. The molecule has 7 nitrogen and oxygen atoms in total. The topological polar surface area (TPSA) is 61.4 Å². The summed E-state index contributed by atoms with van der Waals surface area (Å²) in [6.45, 7) is 1.11. The Balaban J connectivity index is 1.64. The van der Waals surface area contributed by atoms with Crippen molar-refractivity contribution in [1.82, 2.24) is 4.90 Å². The molecule has 1 atom stereocenters. The van der Waals surface area contributed by atoms with Gasteiger partial charge in [0.1, 0.15) is 23.9 Å². The smallest absolute Gasteiger partial charge is 0.174 e. The van der Waals surface area contributed by atoms with E-state index < -0.39 is 0 Å². The van der Waals surface area contributed by atoms with Gasteiger partial charge in [0, 0.05) is 6.54 Å². The molecule has 4 rings (SSSR count). The second kappa shape index (κ2) is 11.2. The molecule has 8 heteroatoms. The van der Waals surface area contributed by atoms with Crippen LogP contribution >= 0.6 is 12.2 Å². The third kappa shape index (κ3) is 5.38. The van der Waals surface area contributed by atoms with Crippen LogP contribution in [0.15, 0.2) is 60.7 Å². The van der Waals surface area contributed by atoms with Crippen molar-refractivity contribution in [2.45, 2.75) is 12.5 Å². The normalized spacial score (nSPS) is 14.5. The molecule has 0 unspecified atom stereocenters. The Morgan fingerprint density at radius 1 is 0.857 bits per heavy atom. The van der Waals surface area contributed by atoms with Crippen LogP contribution in [0.25, 0.3) is 0 Å². The Labute approximate surface area is 211 Å². The molecule has 3 aromatic carbocycles. The lowest BCUT2D eigenvalue weighted by Gasteiger charge is -2.39. The maximum Gasteiger partial charge on any atom is 0.174 e. The number of benzene rings is 3. The molecule has 0 aliphatic carbocycles. The predicted molar refractivity (Wildman–Crippen MR) is 140 cm³/mol. The van der Waals surface area contributed by atoms with Gasteiger partial charge in [-0.15, -0.1) is 0 Å². The van der Waals surface area contributed by atoms with E-state index in [0.717, 1.165) is 41.5 Å². The summed E-state index contributed by atoms with van der Waals surface area (Å²) in [6, 6.07) is 19.2. The fraction of sp³-hybridized carbons (Fsp3) is 0.296. The maximum atomic E-state index is 6.23. The zero-order valence-electron chi connectivity index (χ0n) is 20.4. The highest BCUT2D eigenvalue weighted by Gasteiger charge is 2.31. The van der Waals surface area contributed by atoms with Crippen LogP contribution in [0, 0.1) is 0 Å². The number of para-hydroxylation sites is 2. The van der Waals surface area contributed by atoms with Crippen molar-refractivity contribution in [2.75, 3.05) is 46.9 Å². The van der Waals surface area contributed by atoms with Gasteiger partial charge in [-0.2, -0.15) is 0 Å². The summed E-state index contributed by atoms with van der Waals surface area (Å²) in [7, 11) is 6.58. The molecular weight excluding hydrogens is 464 g/mol. The van der Waals surface area contributed by atoms with Crippen LogP contribution in [0.2, 0.25) is 0 Å². The number of hydrogen-bond donors (Lipinski definition) is 1. The van der Waals surface area contributed by atoms with Crippen molar-refractivity contribution < 1.29 is 23.7 Å². The molecule has 0 fully saturated rings. The molecule has 1 aliphatic rings. The molecule has 0 saturated heterocycles. The van der Waals surface area contributed by atoms with Crippen LogP contribution in [0.3, 0.4) is 0 Å². The highest BCUT2D eigenvalue weighted by molar-refractivity contribution is 7.80. The standard InChI is InChI=1S/C27H30N2O5S/c1-30-19-9-11-20(12-10-19)34-17-23-21-16-26(33-4)25(32-3)15-18(21)13-14-29(23)27(35)28-22-7-5-6-8-24(22)31-2/h5-12,15-16,23H,13-14,17H2,1-4H3,(H,28,35)/t23-/m0/s1. The van der Waals surface area contributed by atoms with Crippen molar-refractivity contribution in [2.24, 2.45) is 0 Å². The molecule has 0 saturated carbocycles. The first kappa shape index (κ1) is 24.5. The first-order valence-electron chi connectivity index (χ1n) is 11.3. The van der Waals surface area contributed by atoms with E-state index in [-0.39, 0.29) is 6.04 Å². The van der Waals surface area contributed by atoms with Crippen molar-refractivity contribution in [1.29, 1.82) is 0 Å². The van der Waals surface area contributed by atoms with E-state index in [9.17, 15) is 0 Å². The number of ether oxygens (including phenoxy) is 5. The van der Waals surface area contributed by atoms with E-state index in [1.807, 2.05) is 60.7 Å². The summed E-state index contributed by atoms with van der Waals surface area (Å²) >= 11 is 5.87. The second-order valence-electron chi connectivity index (χ2n) is 7.98. The molecule has 0 radical (unpaired) electrons. The summed E-state index contributed by atoms with van der Waals surface area (Å²) in [5.74, 6) is 3.64. The number of rotatable bonds is 8. The van der Waals surface area contributed by atoms with Crippen molar-refractivity contribution in [3.63, 3.8) is 0 Å². The van der Waals surface area contributed by atoms with Gasteiger partial charge in [0.15, 0.2) is 16.6 Å². The lowest BCUT2D eigenvalue weighted by molar-refractivity contribution is 0.190. The molecule has 1 heterocycles. The number of fused-ring (bicyclic) bond motifs is 1. The Hall–Kier alpha value is -3.65. The fourth-order valence-electron chi connectivity index (χ4n) is 4.23. The molecule has 0 aromatic heterocycles. The minimum absolute atomic E-state index is 0.143. The van der Waals surface area contributed by atoms with E-state index in [1.54, 1.807) is 28.4 Å². The molecule has 35 heavy (non-hydrogen) atoms. The van der Waals surface area contributed by atoms with Gasteiger partial charge in [-0.25, -0.2) is 0 Å². The number of anilines is 1. The third-order valence-corrected chi connectivity index (χ3v) is 6.42. The van der Waals surface area contributed by atoms with Crippen molar-refractivity contribution in [3.8, 4) is 28.7 Å². The molecule has 0 spiro atoms. The first-order valence-corrected chi connectivity index (χ1v) is 11.7. The van der Waals surface area contributed by atoms with Gasteiger partial charge in [0.05, 0.1) is 40.2 Å². The summed E-state index contributed by atoms with van der Waals surface area (Å²) in [5.41, 5.74) is 3.09. The van der Waals surface area contributed by atoms with Crippen molar-refractivity contribution >= 4 is 23.0 Å². The van der Waals surface area contributed by atoms with Crippen LogP contribution in [-0.2, 0) is 6.42 Å². The summed E-state index contributed by atoms with van der Waals surface area (Å²) in [4.78, 5) is 2.15. The largest absolute Gasteiger partial charge is 0.497 e. The number of methoxy groups -OCH3 is 4. The van der Waals surface area contributed by atoms with E-state index in [1.165, 1.54) is 5.56 Å². The third-order valence-electron chi connectivity index (χ3n) is 6.08. The Morgan fingerprint density at radius 2 is 1.51 bits per heavy atom. The summed E-state index contributed by atoms with van der Waals surface area (Å²) < 4.78 is 28.1. The first-order chi connectivity index (χ1) is 17.1. The van der Waals surface area contributed by atoms with Crippen LogP contribution in [0.4, 0.5) is 5.69 Å². The van der Waals surface area contributed by atoms with E-state index in [0.29, 0.717) is 23.2 Å². The van der Waals surface area contributed by atoms with E-state index >= 15 is 0 Å².